The van der Waals surface area contributed by atoms with Gasteiger partial charge in [-0.3, -0.25) is 4.90 Å². The van der Waals surface area contributed by atoms with E-state index in [0.29, 0.717) is 17.1 Å². The van der Waals surface area contributed by atoms with Gasteiger partial charge in [0.1, 0.15) is 5.15 Å². The smallest absolute Gasteiger partial charge is 0.134 e. The monoisotopic (exact) mass is 343 g/mol. The molecule has 2 heterocycles. The molecule has 1 aromatic carbocycles. The number of nitrogens with zero attached hydrogens (tertiary/aromatic N) is 2. The molecule has 3 nitrogen and oxygen atoms in total. The van der Waals surface area contributed by atoms with Gasteiger partial charge >= 0.3 is 0 Å². The lowest BCUT2D eigenvalue weighted by atomic mass is 9.80. The lowest BCUT2D eigenvalue weighted by molar-refractivity contribution is 0.103. The van der Waals surface area contributed by atoms with Crippen molar-refractivity contribution in [2.24, 2.45) is 5.92 Å². The van der Waals surface area contributed by atoms with Gasteiger partial charge < -0.3 is 5.32 Å². The summed E-state index contributed by atoms with van der Waals surface area (Å²) in [6.07, 6.45) is 6.72. The van der Waals surface area contributed by atoms with E-state index in [0.717, 1.165) is 31.7 Å². The zero-order chi connectivity index (χ0) is 16.4. The number of hydrogen-bond donors (Lipinski definition) is 1. The average Bonchev–Trinajstić information content (AvgIpc) is 2.64. The summed E-state index contributed by atoms with van der Waals surface area (Å²) in [6, 6.07) is 11.0. The minimum Gasteiger partial charge on any atom is -0.314 e. The van der Waals surface area contributed by atoms with Crippen LogP contribution in [0.4, 0.5) is 0 Å². The Kier molecular flexibility index (Phi) is 5.02. The second-order valence-electron chi connectivity index (χ2n) is 7.19. The van der Waals surface area contributed by atoms with Crippen LogP contribution in [0.5, 0.6) is 0 Å². The van der Waals surface area contributed by atoms with Crippen molar-refractivity contribution in [2.45, 2.75) is 38.1 Å². The first-order valence-corrected chi connectivity index (χ1v) is 9.71. The average molecular weight is 344 g/mol. The fourth-order valence-electron chi connectivity index (χ4n) is 4.48. The van der Waals surface area contributed by atoms with Gasteiger partial charge in [-0.25, -0.2) is 4.98 Å². The number of para-hydroxylation sites is 1. The van der Waals surface area contributed by atoms with E-state index in [4.69, 9.17) is 16.6 Å². The van der Waals surface area contributed by atoms with Crippen molar-refractivity contribution in [3.05, 3.63) is 41.0 Å². The number of nitrogens with one attached hydrogen (secondary N) is 1. The van der Waals surface area contributed by atoms with Crippen molar-refractivity contribution >= 4 is 22.5 Å². The summed E-state index contributed by atoms with van der Waals surface area (Å²) in [6.45, 7) is 4.35. The standard InChI is InChI=1S/C20H26ClN3/c21-20-17(14-16-8-4-5-9-18(16)23-20)19(15-6-2-1-3-7-15)24-12-10-22-11-13-24/h4-5,8-9,14-15,19,22H,1-3,6-7,10-13H2/t19-/m1/s1. The summed E-state index contributed by atoms with van der Waals surface area (Å²) in [5.41, 5.74) is 2.23. The predicted octanol–water partition coefficient (Wildman–Crippen LogP) is 4.41. The second-order valence-corrected chi connectivity index (χ2v) is 7.55. The van der Waals surface area contributed by atoms with Crippen molar-refractivity contribution in [2.75, 3.05) is 26.2 Å². The summed E-state index contributed by atoms with van der Waals surface area (Å²) < 4.78 is 0. The lowest BCUT2D eigenvalue weighted by Crippen LogP contribution is -2.47. The fourth-order valence-corrected chi connectivity index (χ4v) is 4.73. The van der Waals surface area contributed by atoms with E-state index in [9.17, 15) is 0 Å². The molecule has 1 aliphatic carbocycles. The van der Waals surface area contributed by atoms with Gasteiger partial charge in [0.25, 0.3) is 0 Å². The highest BCUT2D eigenvalue weighted by Crippen LogP contribution is 2.41. The largest absolute Gasteiger partial charge is 0.314 e. The normalized spacial score (nSPS) is 21.9. The molecule has 0 bridgehead atoms. The van der Waals surface area contributed by atoms with Crippen LogP contribution in [0.2, 0.25) is 5.15 Å². The van der Waals surface area contributed by atoms with Gasteiger partial charge in [-0.15, -0.1) is 0 Å². The zero-order valence-electron chi connectivity index (χ0n) is 14.2. The van der Waals surface area contributed by atoms with Gasteiger partial charge in [-0.2, -0.15) is 0 Å². The van der Waals surface area contributed by atoms with Crippen molar-refractivity contribution in [1.82, 2.24) is 15.2 Å². The van der Waals surface area contributed by atoms with Crippen LogP contribution in [0.1, 0.15) is 43.7 Å². The summed E-state index contributed by atoms with van der Waals surface area (Å²) in [5, 5.41) is 5.38. The van der Waals surface area contributed by atoms with Crippen LogP contribution in [0, 0.1) is 5.92 Å². The summed E-state index contributed by atoms with van der Waals surface area (Å²) in [7, 11) is 0. The zero-order valence-corrected chi connectivity index (χ0v) is 14.9. The van der Waals surface area contributed by atoms with Crippen LogP contribution in [0.3, 0.4) is 0 Å². The van der Waals surface area contributed by atoms with Crippen LogP contribution in [-0.4, -0.2) is 36.1 Å². The third kappa shape index (κ3) is 3.30. The molecule has 1 saturated carbocycles. The van der Waals surface area contributed by atoms with Gasteiger partial charge in [0.2, 0.25) is 0 Å². The minimum absolute atomic E-state index is 0.414. The van der Waals surface area contributed by atoms with Crippen LogP contribution in [0.15, 0.2) is 30.3 Å². The van der Waals surface area contributed by atoms with Crippen molar-refractivity contribution < 1.29 is 0 Å². The molecule has 0 amide bonds. The molecule has 1 aliphatic heterocycles. The van der Waals surface area contributed by atoms with Crippen LogP contribution in [0.25, 0.3) is 10.9 Å². The van der Waals surface area contributed by atoms with Crippen molar-refractivity contribution in [3.8, 4) is 0 Å². The maximum atomic E-state index is 6.68. The van der Waals surface area contributed by atoms with Crippen LogP contribution >= 0.6 is 11.6 Å². The van der Waals surface area contributed by atoms with E-state index in [1.165, 1.54) is 43.1 Å². The molecular formula is C20H26ClN3. The molecule has 0 radical (unpaired) electrons. The number of piperazine rings is 1. The van der Waals surface area contributed by atoms with E-state index < -0.39 is 0 Å². The highest BCUT2D eigenvalue weighted by Gasteiger charge is 2.32. The molecule has 0 spiro atoms. The SMILES string of the molecule is Clc1nc2ccccc2cc1[C@@H](C1CCCCC1)N1CCNCC1. The minimum atomic E-state index is 0.414. The molecule has 1 aromatic heterocycles. The topological polar surface area (TPSA) is 28.2 Å². The molecule has 4 heteroatoms. The summed E-state index contributed by atoms with van der Waals surface area (Å²) in [5.74, 6) is 0.706. The van der Waals surface area contributed by atoms with E-state index in [2.05, 4.69) is 28.4 Å². The number of aromatic nitrogens is 1. The number of benzene rings is 1. The molecule has 128 valence electrons. The van der Waals surface area contributed by atoms with Gasteiger partial charge in [-0.05, 0) is 30.9 Å². The highest BCUT2D eigenvalue weighted by molar-refractivity contribution is 6.30. The highest BCUT2D eigenvalue weighted by atomic mass is 35.5. The number of halogens is 1. The molecule has 1 atom stereocenters. The number of rotatable bonds is 3. The molecule has 2 fully saturated rings. The van der Waals surface area contributed by atoms with Gasteiger partial charge in [-0.1, -0.05) is 49.1 Å². The van der Waals surface area contributed by atoms with Gasteiger partial charge in [0, 0.05) is 43.2 Å². The van der Waals surface area contributed by atoms with E-state index in [1.54, 1.807) is 0 Å². The van der Waals surface area contributed by atoms with E-state index in [1.807, 2.05) is 12.1 Å². The Morgan fingerprint density at radius 3 is 2.62 bits per heavy atom. The number of hydrogen-bond acceptors (Lipinski definition) is 3. The Bertz CT molecular complexity index is 672. The first-order valence-electron chi connectivity index (χ1n) is 9.33. The second kappa shape index (κ2) is 7.38. The first kappa shape index (κ1) is 16.3. The predicted molar refractivity (Wildman–Crippen MR) is 101 cm³/mol. The number of pyridine rings is 1. The van der Waals surface area contributed by atoms with Gasteiger partial charge in [0.15, 0.2) is 0 Å². The van der Waals surface area contributed by atoms with E-state index in [-0.39, 0.29) is 0 Å². The van der Waals surface area contributed by atoms with E-state index >= 15 is 0 Å². The Hall–Kier alpha value is -1.16. The molecule has 4 rings (SSSR count). The molecule has 1 N–H and O–H groups in total. The Labute approximate surface area is 149 Å². The third-order valence-electron chi connectivity index (χ3n) is 5.66. The molecule has 24 heavy (non-hydrogen) atoms. The molecule has 2 aliphatic rings. The first-order chi connectivity index (χ1) is 11.8. The summed E-state index contributed by atoms with van der Waals surface area (Å²) >= 11 is 6.68. The molecular weight excluding hydrogens is 318 g/mol. The molecule has 0 unspecified atom stereocenters. The van der Waals surface area contributed by atoms with Crippen molar-refractivity contribution in [1.29, 1.82) is 0 Å². The van der Waals surface area contributed by atoms with Crippen molar-refractivity contribution in [3.63, 3.8) is 0 Å². The number of fused-ring (bicyclic) bond motifs is 1. The van der Waals surface area contributed by atoms with Crippen LogP contribution in [-0.2, 0) is 0 Å². The quantitative estimate of drug-likeness (QED) is 0.836. The lowest BCUT2D eigenvalue weighted by Gasteiger charge is -2.41. The van der Waals surface area contributed by atoms with Crippen LogP contribution < -0.4 is 5.32 Å². The molecule has 2 aromatic rings. The Morgan fingerprint density at radius 2 is 1.83 bits per heavy atom. The Morgan fingerprint density at radius 1 is 1.08 bits per heavy atom. The molecule has 1 saturated heterocycles. The maximum Gasteiger partial charge on any atom is 0.134 e. The fraction of sp³-hybridized carbons (Fsp3) is 0.550. The third-order valence-corrected chi connectivity index (χ3v) is 5.97. The Balaban J connectivity index is 1.75. The summed E-state index contributed by atoms with van der Waals surface area (Å²) in [4.78, 5) is 7.35. The van der Waals surface area contributed by atoms with Gasteiger partial charge in [0.05, 0.1) is 5.52 Å². The maximum absolute atomic E-state index is 6.68.